The van der Waals surface area contributed by atoms with Crippen LogP contribution >= 0.6 is 0 Å². The molecule has 146 valence electrons. The van der Waals surface area contributed by atoms with Crippen molar-refractivity contribution in [2.24, 2.45) is 5.73 Å². The molecule has 0 radical (unpaired) electrons. The number of hydrogen-bond acceptors (Lipinski definition) is 5. The van der Waals surface area contributed by atoms with Gasteiger partial charge in [-0.15, -0.1) is 0 Å². The standard InChI is InChI=1S/C21H36N4O/c1-4-25(20-11-7-8-12-21(20)26-3)16-15-23-13-14-24-17(2)18-9-5-6-10-19(18)22/h7,11,23-24H,2,4-6,8-10,12-16,22H2,1,3H3. The third-order valence-electron chi connectivity index (χ3n) is 5.14. The van der Waals surface area contributed by atoms with E-state index in [1.807, 2.05) is 0 Å². The maximum Gasteiger partial charge on any atom is 0.119 e. The topological polar surface area (TPSA) is 62.5 Å². The van der Waals surface area contributed by atoms with E-state index in [9.17, 15) is 0 Å². The Kier molecular flexibility index (Phi) is 8.62. The molecule has 0 atom stereocenters. The van der Waals surface area contributed by atoms with Gasteiger partial charge in [0.25, 0.3) is 0 Å². The van der Waals surface area contributed by atoms with Crippen LogP contribution in [0.2, 0.25) is 0 Å². The summed E-state index contributed by atoms with van der Waals surface area (Å²) in [6.07, 6.45) is 11.0. The second-order valence-electron chi connectivity index (χ2n) is 6.90. The summed E-state index contributed by atoms with van der Waals surface area (Å²) >= 11 is 0. The Bertz CT molecular complexity index is 562. The van der Waals surface area contributed by atoms with Gasteiger partial charge in [0.2, 0.25) is 0 Å². The third kappa shape index (κ3) is 5.84. The van der Waals surface area contributed by atoms with Crippen molar-refractivity contribution in [3.8, 4) is 0 Å². The lowest BCUT2D eigenvalue weighted by molar-refractivity contribution is 0.247. The number of likely N-dealkylation sites (N-methyl/N-ethyl adjacent to an activating group) is 1. The second kappa shape index (κ2) is 11.0. The number of hydrogen-bond donors (Lipinski definition) is 3. The normalized spacial score (nSPS) is 17.5. The molecule has 0 aliphatic heterocycles. The van der Waals surface area contributed by atoms with E-state index < -0.39 is 0 Å². The summed E-state index contributed by atoms with van der Waals surface area (Å²) in [6, 6.07) is 0. The van der Waals surface area contributed by atoms with Crippen LogP contribution in [-0.4, -0.2) is 44.7 Å². The van der Waals surface area contributed by atoms with Crippen LogP contribution in [-0.2, 0) is 4.74 Å². The van der Waals surface area contributed by atoms with Crippen LogP contribution in [0.1, 0.15) is 45.4 Å². The van der Waals surface area contributed by atoms with Crippen LogP contribution in [0.4, 0.5) is 0 Å². The summed E-state index contributed by atoms with van der Waals surface area (Å²) in [7, 11) is 1.77. The van der Waals surface area contributed by atoms with Crippen molar-refractivity contribution >= 4 is 0 Å². The molecular formula is C21H36N4O. The van der Waals surface area contributed by atoms with Crippen LogP contribution in [0.3, 0.4) is 0 Å². The van der Waals surface area contributed by atoms with Crippen molar-refractivity contribution in [2.45, 2.75) is 45.4 Å². The molecule has 0 fully saturated rings. The van der Waals surface area contributed by atoms with Gasteiger partial charge >= 0.3 is 0 Å². The predicted molar refractivity (Wildman–Crippen MR) is 109 cm³/mol. The molecule has 0 heterocycles. The number of nitrogens with two attached hydrogens (primary N) is 1. The molecule has 4 N–H and O–H groups in total. The Balaban J connectivity index is 1.67. The van der Waals surface area contributed by atoms with Gasteiger partial charge in [-0.25, -0.2) is 0 Å². The minimum Gasteiger partial charge on any atom is -0.499 e. The average molecular weight is 361 g/mol. The molecule has 2 aliphatic rings. The second-order valence-corrected chi connectivity index (χ2v) is 6.90. The molecule has 5 heteroatoms. The molecule has 0 bridgehead atoms. The highest BCUT2D eigenvalue weighted by Gasteiger charge is 2.15. The summed E-state index contributed by atoms with van der Waals surface area (Å²) in [6.45, 7) is 11.0. The molecule has 0 saturated heterocycles. The van der Waals surface area contributed by atoms with E-state index in [1.54, 1.807) is 7.11 Å². The van der Waals surface area contributed by atoms with Gasteiger partial charge in [0, 0.05) is 50.5 Å². The number of ether oxygens (including phenoxy) is 1. The van der Waals surface area contributed by atoms with Crippen LogP contribution < -0.4 is 16.4 Å². The largest absolute Gasteiger partial charge is 0.499 e. The first kappa shape index (κ1) is 20.4. The van der Waals surface area contributed by atoms with Crippen molar-refractivity contribution < 1.29 is 4.74 Å². The zero-order valence-corrected chi connectivity index (χ0v) is 16.6. The lowest BCUT2D eigenvalue weighted by Gasteiger charge is -2.28. The molecule has 5 nitrogen and oxygen atoms in total. The molecule has 0 saturated carbocycles. The Morgan fingerprint density at radius 1 is 1.23 bits per heavy atom. The fourth-order valence-corrected chi connectivity index (χ4v) is 3.59. The monoisotopic (exact) mass is 360 g/mol. The van der Waals surface area contributed by atoms with E-state index in [0.717, 1.165) is 75.6 Å². The Morgan fingerprint density at radius 2 is 2.04 bits per heavy atom. The highest BCUT2D eigenvalue weighted by atomic mass is 16.5. The zero-order chi connectivity index (χ0) is 18.8. The number of rotatable bonds is 11. The molecule has 0 spiro atoms. The van der Waals surface area contributed by atoms with Gasteiger partial charge in [-0.2, -0.15) is 0 Å². The highest BCUT2D eigenvalue weighted by Crippen LogP contribution is 2.25. The van der Waals surface area contributed by atoms with E-state index in [0.29, 0.717) is 0 Å². The Morgan fingerprint density at radius 3 is 2.77 bits per heavy atom. The maximum atomic E-state index is 6.11. The molecule has 0 aromatic heterocycles. The van der Waals surface area contributed by atoms with E-state index >= 15 is 0 Å². The van der Waals surface area contributed by atoms with Crippen molar-refractivity contribution in [2.75, 3.05) is 39.8 Å². The van der Waals surface area contributed by atoms with Crippen molar-refractivity contribution in [3.05, 3.63) is 47.2 Å². The van der Waals surface area contributed by atoms with E-state index in [2.05, 4.69) is 41.2 Å². The SMILES string of the molecule is C=C(NCCNCCN(CC)C1=C(OC)CCC=C1)C1=C(N)CCCC1. The fraction of sp³-hybridized carbons (Fsp3) is 0.619. The van der Waals surface area contributed by atoms with Crippen LogP contribution in [0.15, 0.2) is 47.2 Å². The summed E-state index contributed by atoms with van der Waals surface area (Å²) < 4.78 is 5.56. The van der Waals surface area contributed by atoms with Crippen molar-refractivity contribution in [1.82, 2.24) is 15.5 Å². The predicted octanol–water partition coefficient (Wildman–Crippen LogP) is 3.00. The summed E-state index contributed by atoms with van der Waals surface area (Å²) in [4.78, 5) is 2.38. The van der Waals surface area contributed by atoms with Gasteiger partial charge in [-0.05, 0) is 50.7 Å². The molecule has 2 rings (SSSR count). The molecule has 26 heavy (non-hydrogen) atoms. The van der Waals surface area contributed by atoms with Gasteiger partial charge in [-0.3, -0.25) is 0 Å². The Labute approximate surface area is 159 Å². The average Bonchev–Trinajstić information content (AvgIpc) is 2.67. The Hall–Kier alpha value is -1.88. The quantitative estimate of drug-likeness (QED) is 0.495. The fourth-order valence-electron chi connectivity index (χ4n) is 3.59. The number of methoxy groups -OCH3 is 1. The van der Waals surface area contributed by atoms with Crippen molar-refractivity contribution in [3.63, 3.8) is 0 Å². The first-order valence-corrected chi connectivity index (χ1v) is 9.97. The van der Waals surface area contributed by atoms with Gasteiger partial charge in [-0.1, -0.05) is 12.7 Å². The van der Waals surface area contributed by atoms with Gasteiger partial charge in [0.15, 0.2) is 0 Å². The number of nitrogens with one attached hydrogen (secondary N) is 2. The minimum atomic E-state index is 0.869. The molecule has 0 aromatic rings. The van der Waals surface area contributed by atoms with E-state index in [1.165, 1.54) is 24.1 Å². The molecule has 2 aliphatic carbocycles. The van der Waals surface area contributed by atoms with E-state index in [-0.39, 0.29) is 0 Å². The van der Waals surface area contributed by atoms with Crippen molar-refractivity contribution in [1.29, 1.82) is 0 Å². The number of nitrogens with zero attached hydrogens (tertiary/aromatic N) is 1. The summed E-state index contributed by atoms with van der Waals surface area (Å²) in [5.74, 6) is 1.10. The van der Waals surface area contributed by atoms with Crippen LogP contribution in [0, 0.1) is 0 Å². The summed E-state index contributed by atoms with van der Waals surface area (Å²) in [5.41, 5.74) is 10.6. The maximum absolute atomic E-state index is 6.11. The molecule has 0 unspecified atom stereocenters. The van der Waals surface area contributed by atoms with Gasteiger partial charge in [0.1, 0.15) is 5.76 Å². The third-order valence-corrected chi connectivity index (χ3v) is 5.14. The molecular weight excluding hydrogens is 324 g/mol. The lowest BCUT2D eigenvalue weighted by atomic mass is 9.95. The highest BCUT2D eigenvalue weighted by molar-refractivity contribution is 5.32. The van der Waals surface area contributed by atoms with Gasteiger partial charge < -0.3 is 26.0 Å². The smallest absolute Gasteiger partial charge is 0.119 e. The molecule has 0 aromatic carbocycles. The number of allylic oxidation sites excluding steroid dienone is 5. The first-order valence-electron chi connectivity index (χ1n) is 9.97. The van der Waals surface area contributed by atoms with E-state index in [4.69, 9.17) is 10.5 Å². The zero-order valence-electron chi connectivity index (χ0n) is 16.6. The van der Waals surface area contributed by atoms with Crippen LogP contribution in [0.5, 0.6) is 0 Å². The van der Waals surface area contributed by atoms with Gasteiger partial charge in [0.05, 0.1) is 12.8 Å². The minimum absolute atomic E-state index is 0.869. The first-order chi connectivity index (χ1) is 12.7. The summed E-state index contributed by atoms with van der Waals surface area (Å²) in [5, 5.41) is 6.93. The lowest BCUT2D eigenvalue weighted by Crippen LogP contribution is -2.35. The molecule has 0 amide bonds. The van der Waals surface area contributed by atoms with Crippen LogP contribution in [0.25, 0.3) is 0 Å².